The summed E-state index contributed by atoms with van der Waals surface area (Å²) < 4.78 is 25.6. The van der Waals surface area contributed by atoms with Crippen molar-refractivity contribution >= 4 is 0 Å². The van der Waals surface area contributed by atoms with Gasteiger partial charge < -0.3 is 5.32 Å². The van der Waals surface area contributed by atoms with Crippen molar-refractivity contribution in [1.82, 2.24) is 15.3 Å². The van der Waals surface area contributed by atoms with E-state index in [2.05, 4.69) is 15.3 Å². The highest BCUT2D eigenvalue weighted by atomic mass is 19.2. The van der Waals surface area contributed by atoms with E-state index in [0.29, 0.717) is 19.5 Å². The van der Waals surface area contributed by atoms with Crippen LogP contribution in [0.25, 0.3) is 0 Å². The molecule has 1 N–H and O–H groups in total. The van der Waals surface area contributed by atoms with Gasteiger partial charge in [-0.3, -0.25) is 0 Å². The van der Waals surface area contributed by atoms with Gasteiger partial charge in [-0.15, -0.1) is 0 Å². The van der Waals surface area contributed by atoms with Crippen LogP contribution in [0.2, 0.25) is 0 Å². The van der Waals surface area contributed by atoms with Crippen molar-refractivity contribution in [1.29, 1.82) is 0 Å². The van der Waals surface area contributed by atoms with Crippen LogP contribution in [-0.2, 0) is 13.0 Å². The van der Waals surface area contributed by atoms with Gasteiger partial charge in [0, 0.05) is 24.5 Å². The molecule has 0 fully saturated rings. The van der Waals surface area contributed by atoms with Gasteiger partial charge in [0.2, 0.25) is 0 Å². The van der Waals surface area contributed by atoms with Crippen molar-refractivity contribution in [2.45, 2.75) is 13.0 Å². The van der Waals surface area contributed by atoms with E-state index in [1.807, 2.05) is 0 Å². The molecule has 2 aromatic rings. The predicted molar refractivity (Wildman–Crippen MR) is 63.8 cm³/mol. The van der Waals surface area contributed by atoms with Crippen LogP contribution >= 0.6 is 0 Å². The number of hydrogen-bond donors (Lipinski definition) is 1. The van der Waals surface area contributed by atoms with E-state index in [1.165, 1.54) is 12.4 Å². The van der Waals surface area contributed by atoms with Gasteiger partial charge in [-0.05, 0) is 30.7 Å². The lowest BCUT2D eigenvalue weighted by Crippen LogP contribution is -2.17. The second-order valence-corrected chi connectivity index (χ2v) is 3.92. The fourth-order valence-electron chi connectivity index (χ4n) is 1.58. The fraction of sp³-hybridized carbons (Fsp3) is 0.231. The Morgan fingerprint density at radius 2 is 1.78 bits per heavy atom. The molecule has 94 valence electrons. The van der Waals surface area contributed by atoms with Crippen LogP contribution in [0.15, 0.2) is 36.9 Å². The first-order valence-corrected chi connectivity index (χ1v) is 5.64. The van der Waals surface area contributed by atoms with Gasteiger partial charge in [0.15, 0.2) is 11.6 Å². The minimum atomic E-state index is -0.812. The van der Waals surface area contributed by atoms with E-state index < -0.39 is 11.6 Å². The van der Waals surface area contributed by atoms with Gasteiger partial charge in [0.05, 0.1) is 0 Å². The largest absolute Gasteiger partial charge is 0.312 e. The molecule has 18 heavy (non-hydrogen) atoms. The quantitative estimate of drug-likeness (QED) is 0.824. The zero-order valence-corrected chi connectivity index (χ0v) is 9.74. The zero-order chi connectivity index (χ0) is 12.8. The summed E-state index contributed by atoms with van der Waals surface area (Å²) in [4.78, 5) is 7.80. The third-order valence-electron chi connectivity index (χ3n) is 2.52. The van der Waals surface area contributed by atoms with Crippen LogP contribution < -0.4 is 5.32 Å². The lowest BCUT2D eigenvalue weighted by molar-refractivity contribution is 0.506. The van der Waals surface area contributed by atoms with Crippen molar-refractivity contribution < 1.29 is 8.78 Å². The highest BCUT2D eigenvalue weighted by Crippen LogP contribution is 2.08. The van der Waals surface area contributed by atoms with Crippen LogP contribution in [0.4, 0.5) is 8.78 Å². The third kappa shape index (κ3) is 3.56. The number of rotatable bonds is 5. The first-order chi connectivity index (χ1) is 8.75. The van der Waals surface area contributed by atoms with Crippen molar-refractivity contribution in [2.24, 2.45) is 0 Å². The Hall–Kier alpha value is -1.88. The maximum absolute atomic E-state index is 12.9. The van der Waals surface area contributed by atoms with E-state index in [1.54, 1.807) is 18.5 Å². The molecule has 0 radical (unpaired) electrons. The van der Waals surface area contributed by atoms with Crippen LogP contribution in [0, 0.1) is 11.6 Å². The standard InChI is InChI=1S/C13H13F2N3/c14-12-2-1-10(5-13(12)15)3-4-16-6-11-7-17-9-18-8-11/h1-2,5,7-9,16H,3-4,6H2. The Kier molecular flexibility index (Phi) is 4.30. The summed E-state index contributed by atoms with van der Waals surface area (Å²) in [5.74, 6) is -1.61. The van der Waals surface area contributed by atoms with Crippen LogP contribution in [-0.4, -0.2) is 16.5 Å². The topological polar surface area (TPSA) is 37.8 Å². The molecule has 5 heteroatoms. The molecule has 2 rings (SSSR count). The van der Waals surface area contributed by atoms with Crippen molar-refractivity contribution in [3.63, 3.8) is 0 Å². The zero-order valence-electron chi connectivity index (χ0n) is 9.74. The number of nitrogens with one attached hydrogen (secondary N) is 1. The van der Waals surface area contributed by atoms with E-state index in [-0.39, 0.29) is 0 Å². The highest BCUT2D eigenvalue weighted by Gasteiger charge is 2.02. The summed E-state index contributed by atoms with van der Waals surface area (Å²) in [7, 11) is 0. The predicted octanol–water partition coefficient (Wildman–Crippen LogP) is 2.09. The molecule has 0 amide bonds. The Balaban J connectivity index is 1.77. The summed E-state index contributed by atoms with van der Waals surface area (Å²) in [5, 5.41) is 3.19. The molecule has 0 spiro atoms. The van der Waals surface area contributed by atoms with Crippen molar-refractivity contribution in [3.05, 3.63) is 59.7 Å². The first kappa shape index (κ1) is 12.6. The summed E-state index contributed by atoms with van der Waals surface area (Å²) in [5.41, 5.74) is 1.76. The molecule has 3 nitrogen and oxygen atoms in total. The van der Waals surface area contributed by atoms with Gasteiger partial charge in [0.25, 0.3) is 0 Å². The molecule has 0 saturated heterocycles. The van der Waals surface area contributed by atoms with Gasteiger partial charge in [0.1, 0.15) is 6.33 Å². The molecular weight excluding hydrogens is 236 g/mol. The lowest BCUT2D eigenvalue weighted by atomic mass is 10.1. The Bertz CT molecular complexity index is 503. The Labute approximate surface area is 104 Å². The molecule has 0 aliphatic carbocycles. The van der Waals surface area contributed by atoms with E-state index in [4.69, 9.17) is 0 Å². The summed E-state index contributed by atoms with van der Waals surface area (Å²) in [6.45, 7) is 1.34. The summed E-state index contributed by atoms with van der Waals surface area (Å²) in [6.07, 6.45) is 5.59. The monoisotopic (exact) mass is 249 g/mol. The molecule has 0 atom stereocenters. The number of halogens is 2. The Morgan fingerprint density at radius 1 is 1.00 bits per heavy atom. The maximum atomic E-state index is 12.9. The average Bonchev–Trinajstić information content (AvgIpc) is 2.40. The average molecular weight is 249 g/mol. The fourth-order valence-corrected chi connectivity index (χ4v) is 1.58. The maximum Gasteiger partial charge on any atom is 0.159 e. The molecular formula is C13H13F2N3. The smallest absolute Gasteiger partial charge is 0.159 e. The van der Waals surface area contributed by atoms with Gasteiger partial charge in [-0.25, -0.2) is 18.7 Å². The minimum Gasteiger partial charge on any atom is -0.312 e. The van der Waals surface area contributed by atoms with Gasteiger partial charge in [-0.1, -0.05) is 6.07 Å². The minimum absolute atomic E-state index is 0.644. The summed E-state index contributed by atoms with van der Waals surface area (Å²) >= 11 is 0. The first-order valence-electron chi connectivity index (χ1n) is 5.64. The second kappa shape index (κ2) is 6.16. The number of benzene rings is 1. The van der Waals surface area contributed by atoms with Crippen LogP contribution in [0.5, 0.6) is 0 Å². The van der Waals surface area contributed by atoms with E-state index >= 15 is 0 Å². The number of nitrogens with zero attached hydrogens (tertiary/aromatic N) is 2. The molecule has 0 saturated carbocycles. The van der Waals surface area contributed by atoms with Crippen LogP contribution in [0.3, 0.4) is 0 Å². The molecule has 1 heterocycles. The molecule has 0 aliphatic heterocycles. The van der Waals surface area contributed by atoms with Crippen LogP contribution in [0.1, 0.15) is 11.1 Å². The molecule has 0 unspecified atom stereocenters. The van der Waals surface area contributed by atoms with Crippen molar-refractivity contribution in [3.8, 4) is 0 Å². The lowest BCUT2D eigenvalue weighted by Gasteiger charge is -2.05. The third-order valence-corrected chi connectivity index (χ3v) is 2.52. The Morgan fingerprint density at radius 3 is 2.50 bits per heavy atom. The van der Waals surface area contributed by atoms with E-state index in [0.717, 1.165) is 17.2 Å². The highest BCUT2D eigenvalue weighted by molar-refractivity contribution is 5.18. The second-order valence-electron chi connectivity index (χ2n) is 3.92. The molecule has 1 aromatic carbocycles. The number of hydrogen-bond acceptors (Lipinski definition) is 3. The molecule has 0 aliphatic rings. The van der Waals surface area contributed by atoms with Gasteiger partial charge in [-0.2, -0.15) is 0 Å². The molecule has 1 aromatic heterocycles. The normalized spacial score (nSPS) is 10.6. The van der Waals surface area contributed by atoms with E-state index in [9.17, 15) is 8.78 Å². The van der Waals surface area contributed by atoms with Crippen molar-refractivity contribution in [2.75, 3.05) is 6.54 Å². The number of aromatic nitrogens is 2. The SMILES string of the molecule is Fc1ccc(CCNCc2cncnc2)cc1F. The summed E-state index contributed by atoms with van der Waals surface area (Å²) in [6, 6.07) is 3.96. The molecule has 0 bridgehead atoms. The van der Waals surface area contributed by atoms with Gasteiger partial charge >= 0.3 is 0 Å².